The van der Waals surface area contributed by atoms with Gasteiger partial charge < -0.3 is 10.6 Å². The molecule has 1 aliphatic rings. The van der Waals surface area contributed by atoms with Gasteiger partial charge in [0.25, 0.3) is 5.91 Å². The second-order valence-electron chi connectivity index (χ2n) is 6.69. The lowest BCUT2D eigenvalue weighted by Gasteiger charge is -2.22. The molecule has 3 rings (SSSR count). The Balaban J connectivity index is 1.52. The highest BCUT2D eigenvalue weighted by atomic mass is 16.2. The highest BCUT2D eigenvalue weighted by Gasteiger charge is 2.25. The second-order valence-corrected chi connectivity index (χ2v) is 6.69. The third-order valence-corrected chi connectivity index (χ3v) is 4.63. The van der Waals surface area contributed by atoms with Gasteiger partial charge in [0.05, 0.1) is 0 Å². The van der Waals surface area contributed by atoms with E-state index in [0.717, 1.165) is 32.6 Å². The van der Waals surface area contributed by atoms with Crippen molar-refractivity contribution < 1.29 is 4.79 Å². The zero-order valence-electron chi connectivity index (χ0n) is 14.2. The van der Waals surface area contributed by atoms with Crippen LogP contribution in [0.1, 0.15) is 22.3 Å². The summed E-state index contributed by atoms with van der Waals surface area (Å²) in [5.41, 5.74) is 8.42. The first-order chi connectivity index (χ1) is 11.6. The normalized spacial score (nSPS) is 17.8. The number of benzene rings is 2. The Morgan fingerprint density at radius 3 is 2.75 bits per heavy atom. The lowest BCUT2D eigenvalue weighted by molar-refractivity contribution is 0.0773. The average molecular weight is 323 g/mol. The second kappa shape index (κ2) is 7.49. The summed E-state index contributed by atoms with van der Waals surface area (Å²) >= 11 is 0. The molecule has 4 nitrogen and oxygen atoms in total. The summed E-state index contributed by atoms with van der Waals surface area (Å²) in [6.07, 6.45) is 1.14. The van der Waals surface area contributed by atoms with E-state index in [0.29, 0.717) is 17.2 Å². The molecule has 0 spiro atoms. The van der Waals surface area contributed by atoms with Crippen molar-refractivity contribution in [1.29, 1.82) is 0 Å². The van der Waals surface area contributed by atoms with Crippen LogP contribution in [0.5, 0.6) is 0 Å². The number of nitrogen functional groups attached to an aromatic ring is 1. The van der Waals surface area contributed by atoms with E-state index in [2.05, 4.69) is 29.2 Å². The number of carbonyl (C=O) groups excluding carboxylic acids is 1. The molecular weight excluding hydrogens is 298 g/mol. The van der Waals surface area contributed by atoms with Crippen molar-refractivity contribution in [1.82, 2.24) is 9.80 Å². The van der Waals surface area contributed by atoms with Crippen LogP contribution < -0.4 is 5.73 Å². The largest absolute Gasteiger partial charge is 0.399 e. The monoisotopic (exact) mass is 323 g/mol. The molecule has 2 aromatic carbocycles. The van der Waals surface area contributed by atoms with Crippen LogP contribution in [0.4, 0.5) is 5.69 Å². The van der Waals surface area contributed by atoms with Crippen molar-refractivity contribution in [2.24, 2.45) is 5.92 Å². The molecule has 24 heavy (non-hydrogen) atoms. The van der Waals surface area contributed by atoms with Crippen molar-refractivity contribution in [3.63, 3.8) is 0 Å². The molecule has 1 heterocycles. The maximum absolute atomic E-state index is 12.5. The molecule has 1 aliphatic heterocycles. The highest BCUT2D eigenvalue weighted by molar-refractivity contribution is 5.94. The molecule has 1 saturated heterocycles. The van der Waals surface area contributed by atoms with Gasteiger partial charge in [0.1, 0.15) is 0 Å². The molecule has 1 atom stereocenters. The molecule has 2 aromatic rings. The lowest BCUT2D eigenvalue weighted by Crippen LogP contribution is -2.33. The molecule has 0 aromatic heterocycles. The molecule has 0 saturated carbocycles. The van der Waals surface area contributed by atoms with Crippen LogP contribution in [0.3, 0.4) is 0 Å². The first-order valence-corrected chi connectivity index (χ1v) is 8.49. The van der Waals surface area contributed by atoms with Gasteiger partial charge in [0, 0.05) is 37.9 Å². The predicted octanol–water partition coefficient (Wildman–Crippen LogP) is 2.86. The maximum atomic E-state index is 12.5. The average Bonchev–Trinajstić information content (AvgIpc) is 3.02. The zero-order valence-corrected chi connectivity index (χ0v) is 14.2. The minimum absolute atomic E-state index is 0.0452. The number of carbonyl (C=O) groups is 1. The molecular formula is C20H25N3O. The molecule has 0 radical (unpaired) electrons. The van der Waals surface area contributed by atoms with Crippen molar-refractivity contribution in [2.45, 2.75) is 13.0 Å². The standard InChI is InChI=1S/C20H25N3O/c1-22(20(24)18-8-5-9-19(21)12-18)13-17-10-11-23(15-17)14-16-6-3-2-4-7-16/h2-9,12,17H,10-11,13-15,21H2,1H3. The van der Waals surface area contributed by atoms with Gasteiger partial charge in [-0.15, -0.1) is 0 Å². The Hall–Kier alpha value is -2.33. The van der Waals surface area contributed by atoms with Gasteiger partial charge in [-0.1, -0.05) is 36.4 Å². The maximum Gasteiger partial charge on any atom is 0.253 e. The first-order valence-electron chi connectivity index (χ1n) is 8.49. The molecule has 0 bridgehead atoms. The van der Waals surface area contributed by atoms with Crippen LogP contribution in [0.25, 0.3) is 0 Å². The van der Waals surface area contributed by atoms with Gasteiger partial charge in [0.15, 0.2) is 0 Å². The summed E-state index contributed by atoms with van der Waals surface area (Å²) in [5.74, 6) is 0.576. The molecule has 4 heteroatoms. The Morgan fingerprint density at radius 1 is 1.21 bits per heavy atom. The molecule has 1 fully saturated rings. The third-order valence-electron chi connectivity index (χ3n) is 4.63. The van der Waals surface area contributed by atoms with Crippen LogP contribution in [0.15, 0.2) is 54.6 Å². The smallest absolute Gasteiger partial charge is 0.253 e. The Morgan fingerprint density at radius 2 is 2.00 bits per heavy atom. The quantitative estimate of drug-likeness (QED) is 0.861. The van der Waals surface area contributed by atoms with Gasteiger partial charge in [-0.3, -0.25) is 9.69 Å². The summed E-state index contributed by atoms with van der Waals surface area (Å²) in [6, 6.07) is 17.8. The van der Waals surface area contributed by atoms with Crippen LogP contribution in [0, 0.1) is 5.92 Å². The van der Waals surface area contributed by atoms with E-state index in [1.807, 2.05) is 30.1 Å². The Kier molecular flexibility index (Phi) is 5.16. The van der Waals surface area contributed by atoms with Crippen LogP contribution in [0.2, 0.25) is 0 Å². The number of anilines is 1. The Bertz CT molecular complexity index is 686. The summed E-state index contributed by atoms with van der Waals surface area (Å²) in [6.45, 7) is 3.92. The van der Waals surface area contributed by atoms with E-state index in [1.54, 1.807) is 12.1 Å². The van der Waals surface area contributed by atoms with Crippen molar-refractivity contribution in [3.8, 4) is 0 Å². The third kappa shape index (κ3) is 4.15. The SMILES string of the molecule is CN(CC1CCN(Cc2ccccc2)C1)C(=O)c1cccc(N)c1. The number of rotatable bonds is 5. The van der Waals surface area contributed by atoms with E-state index in [1.165, 1.54) is 5.56 Å². The summed E-state index contributed by atoms with van der Waals surface area (Å²) < 4.78 is 0. The summed E-state index contributed by atoms with van der Waals surface area (Å²) in [4.78, 5) is 16.8. The number of amides is 1. The van der Waals surface area contributed by atoms with Crippen LogP contribution >= 0.6 is 0 Å². The van der Waals surface area contributed by atoms with E-state index in [9.17, 15) is 4.79 Å². The molecule has 1 amide bonds. The fourth-order valence-corrected chi connectivity index (χ4v) is 3.41. The van der Waals surface area contributed by atoms with Crippen molar-refractivity contribution >= 4 is 11.6 Å². The molecule has 126 valence electrons. The zero-order chi connectivity index (χ0) is 16.9. The highest BCUT2D eigenvalue weighted by Crippen LogP contribution is 2.20. The van der Waals surface area contributed by atoms with Crippen LogP contribution in [-0.2, 0) is 6.54 Å². The number of nitrogens with two attached hydrogens (primary N) is 1. The minimum Gasteiger partial charge on any atom is -0.399 e. The topological polar surface area (TPSA) is 49.6 Å². The van der Waals surface area contributed by atoms with E-state index >= 15 is 0 Å². The minimum atomic E-state index is 0.0452. The van der Waals surface area contributed by atoms with Gasteiger partial charge in [-0.05, 0) is 42.6 Å². The van der Waals surface area contributed by atoms with Gasteiger partial charge in [-0.2, -0.15) is 0 Å². The fraction of sp³-hybridized carbons (Fsp3) is 0.350. The predicted molar refractivity (Wildman–Crippen MR) is 97.6 cm³/mol. The lowest BCUT2D eigenvalue weighted by atomic mass is 10.1. The molecule has 0 aliphatic carbocycles. The van der Waals surface area contributed by atoms with Gasteiger partial charge >= 0.3 is 0 Å². The van der Waals surface area contributed by atoms with Crippen molar-refractivity contribution in [3.05, 3.63) is 65.7 Å². The number of hydrogen-bond donors (Lipinski definition) is 1. The number of nitrogens with zero attached hydrogens (tertiary/aromatic N) is 2. The van der Waals surface area contributed by atoms with Gasteiger partial charge in [-0.25, -0.2) is 0 Å². The van der Waals surface area contributed by atoms with E-state index in [-0.39, 0.29) is 5.91 Å². The summed E-state index contributed by atoms with van der Waals surface area (Å²) in [5, 5.41) is 0. The Labute approximate surface area is 143 Å². The molecule has 2 N–H and O–H groups in total. The number of hydrogen-bond acceptors (Lipinski definition) is 3. The van der Waals surface area contributed by atoms with E-state index < -0.39 is 0 Å². The van der Waals surface area contributed by atoms with Crippen molar-refractivity contribution in [2.75, 3.05) is 32.4 Å². The molecule has 1 unspecified atom stereocenters. The fourth-order valence-electron chi connectivity index (χ4n) is 3.41. The van der Waals surface area contributed by atoms with Crippen LogP contribution in [-0.4, -0.2) is 42.4 Å². The summed E-state index contributed by atoms with van der Waals surface area (Å²) in [7, 11) is 1.88. The number of likely N-dealkylation sites (tertiary alicyclic amines) is 1. The van der Waals surface area contributed by atoms with Gasteiger partial charge in [0.2, 0.25) is 0 Å². The first kappa shape index (κ1) is 16.5. The van der Waals surface area contributed by atoms with E-state index in [4.69, 9.17) is 5.73 Å².